The normalized spacial score (nSPS) is 11.6. The molecule has 0 aliphatic rings. The summed E-state index contributed by atoms with van der Waals surface area (Å²) in [5.74, 6) is -8.08. The van der Waals surface area contributed by atoms with E-state index in [0.717, 1.165) is 24.5 Å². The Bertz CT molecular complexity index is 1160. The van der Waals surface area contributed by atoms with Gasteiger partial charge in [-0.1, -0.05) is 51.0 Å². The van der Waals surface area contributed by atoms with Crippen LogP contribution in [0.1, 0.15) is 49.8 Å². The topological polar surface area (TPSA) is 29.5 Å². The fourth-order valence-electron chi connectivity index (χ4n) is 3.68. The summed E-state index contributed by atoms with van der Waals surface area (Å²) in [5.41, 5.74) is -2.84. The van der Waals surface area contributed by atoms with Crippen LogP contribution >= 0.6 is 0 Å². The van der Waals surface area contributed by atoms with Crippen molar-refractivity contribution >= 4 is 0 Å². The molecule has 0 amide bonds. The van der Waals surface area contributed by atoms with Gasteiger partial charge in [-0.3, -0.25) is 0 Å². The summed E-state index contributed by atoms with van der Waals surface area (Å²) >= 11 is 0. The molecule has 0 aliphatic carbocycles. The van der Waals surface area contributed by atoms with Crippen LogP contribution in [0.2, 0.25) is 0 Å². The number of hydrogen-bond acceptors (Lipinski definition) is 2. The van der Waals surface area contributed by atoms with Crippen molar-refractivity contribution in [3.05, 3.63) is 82.4 Å². The van der Waals surface area contributed by atoms with Crippen LogP contribution in [0.5, 0.6) is 11.5 Å². The van der Waals surface area contributed by atoms with Gasteiger partial charge in [0.2, 0.25) is 0 Å². The summed E-state index contributed by atoms with van der Waals surface area (Å²) in [5, 5.41) is 10.1. The van der Waals surface area contributed by atoms with E-state index in [-0.39, 0.29) is 23.8 Å². The summed E-state index contributed by atoms with van der Waals surface area (Å²) in [6, 6.07) is 7.93. The second-order valence-electron chi connectivity index (χ2n) is 7.96. The molecule has 182 valence electrons. The standard InChI is InChI=1S/C26H24F6O2/c1-3-5-7-16-10-13-18(24(29)23(16)28)21-20(33)14-19(27)22(25(21)30)26(31,32)34-17-11-8-15(6-4-2)9-12-17/h8-14,33H,3-7H2,1-2H3. The monoisotopic (exact) mass is 482 g/mol. The van der Waals surface area contributed by atoms with E-state index in [1.165, 1.54) is 18.2 Å². The number of aryl methyl sites for hydroxylation is 2. The Morgan fingerprint density at radius 3 is 2.12 bits per heavy atom. The van der Waals surface area contributed by atoms with Gasteiger partial charge in [0.05, 0.1) is 5.56 Å². The lowest BCUT2D eigenvalue weighted by atomic mass is 9.96. The highest BCUT2D eigenvalue weighted by molar-refractivity contribution is 5.73. The molecular weight excluding hydrogens is 458 g/mol. The Kier molecular flexibility index (Phi) is 7.79. The molecule has 2 nitrogen and oxygen atoms in total. The first kappa shape index (κ1) is 25.5. The Hall–Kier alpha value is -3.16. The zero-order valence-electron chi connectivity index (χ0n) is 18.7. The van der Waals surface area contributed by atoms with Gasteiger partial charge in [0.15, 0.2) is 17.5 Å². The zero-order valence-corrected chi connectivity index (χ0v) is 18.7. The molecule has 0 fully saturated rings. The van der Waals surface area contributed by atoms with Gasteiger partial charge < -0.3 is 9.84 Å². The molecule has 0 unspecified atom stereocenters. The van der Waals surface area contributed by atoms with Crippen molar-refractivity contribution in [2.45, 2.75) is 52.1 Å². The SMILES string of the molecule is CCCCc1ccc(-c2c(O)cc(F)c(C(F)(F)Oc3ccc(CCC)cc3)c2F)c(F)c1F. The number of ether oxygens (including phenoxy) is 1. The first-order valence-electron chi connectivity index (χ1n) is 10.9. The van der Waals surface area contributed by atoms with E-state index in [1.54, 1.807) is 12.1 Å². The summed E-state index contributed by atoms with van der Waals surface area (Å²) < 4.78 is 93.2. The van der Waals surface area contributed by atoms with Gasteiger partial charge in [-0.25, -0.2) is 17.6 Å². The van der Waals surface area contributed by atoms with Crippen LogP contribution in [0.3, 0.4) is 0 Å². The fraction of sp³-hybridized carbons (Fsp3) is 0.308. The van der Waals surface area contributed by atoms with Crippen molar-refractivity contribution < 1.29 is 36.2 Å². The second kappa shape index (κ2) is 10.4. The third-order valence-electron chi connectivity index (χ3n) is 5.43. The third-order valence-corrected chi connectivity index (χ3v) is 5.43. The van der Waals surface area contributed by atoms with Crippen LogP contribution in [-0.4, -0.2) is 5.11 Å². The second-order valence-corrected chi connectivity index (χ2v) is 7.96. The average molecular weight is 482 g/mol. The Balaban J connectivity index is 2.05. The van der Waals surface area contributed by atoms with Gasteiger partial charge in [-0.2, -0.15) is 8.78 Å². The maximum absolute atomic E-state index is 15.2. The van der Waals surface area contributed by atoms with Crippen LogP contribution in [0.25, 0.3) is 11.1 Å². The Labute approximate surface area is 193 Å². The highest BCUT2D eigenvalue weighted by Crippen LogP contribution is 2.43. The number of benzene rings is 3. The first-order chi connectivity index (χ1) is 16.1. The molecule has 0 radical (unpaired) electrons. The summed E-state index contributed by atoms with van der Waals surface area (Å²) in [7, 11) is 0. The zero-order chi connectivity index (χ0) is 25.0. The smallest absolute Gasteiger partial charge is 0.432 e. The molecule has 3 aromatic carbocycles. The van der Waals surface area contributed by atoms with Crippen LogP contribution in [-0.2, 0) is 19.0 Å². The number of hydrogen-bond donors (Lipinski definition) is 1. The molecule has 0 saturated carbocycles. The predicted molar refractivity (Wildman–Crippen MR) is 117 cm³/mol. The van der Waals surface area contributed by atoms with E-state index in [0.29, 0.717) is 12.8 Å². The number of halogens is 6. The van der Waals surface area contributed by atoms with Gasteiger partial charge in [-0.15, -0.1) is 0 Å². The van der Waals surface area contributed by atoms with Crippen molar-refractivity contribution in [1.82, 2.24) is 0 Å². The highest BCUT2D eigenvalue weighted by atomic mass is 19.3. The fourth-order valence-corrected chi connectivity index (χ4v) is 3.68. The van der Waals surface area contributed by atoms with Crippen molar-refractivity contribution in [3.63, 3.8) is 0 Å². The van der Waals surface area contributed by atoms with E-state index in [4.69, 9.17) is 0 Å². The molecule has 0 aromatic heterocycles. The third kappa shape index (κ3) is 5.16. The molecule has 1 N–H and O–H groups in total. The molecule has 3 aromatic rings. The first-order valence-corrected chi connectivity index (χ1v) is 10.9. The van der Waals surface area contributed by atoms with Crippen molar-refractivity contribution in [1.29, 1.82) is 0 Å². The lowest BCUT2D eigenvalue weighted by Crippen LogP contribution is -2.25. The minimum Gasteiger partial charge on any atom is -0.507 e. The minimum atomic E-state index is -4.51. The lowest BCUT2D eigenvalue weighted by Gasteiger charge is -2.21. The Morgan fingerprint density at radius 2 is 1.50 bits per heavy atom. The number of unbranched alkanes of at least 4 members (excludes halogenated alkanes) is 1. The predicted octanol–water partition coefficient (Wildman–Crippen LogP) is 8.04. The van der Waals surface area contributed by atoms with Gasteiger partial charge in [0.1, 0.15) is 22.9 Å². The van der Waals surface area contributed by atoms with Gasteiger partial charge in [-0.05, 0) is 42.5 Å². The van der Waals surface area contributed by atoms with E-state index in [9.17, 15) is 27.1 Å². The number of phenolic OH excluding ortho intramolecular Hbond substituents is 1. The molecule has 8 heteroatoms. The van der Waals surface area contributed by atoms with Crippen LogP contribution < -0.4 is 4.74 Å². The van der Waals surface area contributed by atoms with Crippen molar-refractivity contribution in [3.8, 4) is 22.6 Å². The maximum atomic E-state index is 15.2. The van der Waals surface area contributed by atoms with Crippen molar-refractivity contribution in [2.75, 3.05) is 0 Å². The molecule has 0 heterocycles. The number of aromatic hydroxyl groups is 1. The minimum absolute atomic E-state index is 0.0190. The van der Waals surface area contributed by atoms with Gasteiger partial charge >= 0.3 is 6.11 Å². The average Bonchev–Trinajstić information content (AvgIpc) is 2.77. The maximum Gasteiger partial charge on any atom is 0.432 e. The van der Waals surface area contributed by atoms with Crippen LogP contribution in [0, 0.1) is 23.3 Å². The molecule has 34 heavy (non-hydrogen) atoms. The molecule has 0 aliphatic heterocycles. The molecule has 0 bridgehead atoms. The molecular formula is C26H24F6O2. The highest BCUT2D eigenvalue weighted by Gasteiger charge is 2.43. The quantitative estimate of drug-likeness (QED) is 0.313. The van der Waals surface area contributed by atoms with E-state index in [1.807, 2.05) is 13.8 Å². The number of rotatable bonds is 9. The van der Waals surface area contributed by atoms with Crippen LogP contribution in [0.15, 0.2) is 42.5 Å². The molecule has 0 saturated heterocycles. The summed E-state index contributed by atoms with van der Waals surface area (Å²) in [4.78, 5) is 0. The number of alkyl halides is 2. The molecule has 0 atom stereocenters. The molecule has 0 spiro atoms. The van der Waals surface area contributed by atoms with Crippen LogP contribution in [0.4, 0.5) is 26.3 Å². The molecule has 3 rings (SSSR count). The van der Waals surface area contributed by atoms with Crippen molar-refractivity contribution in [2.24, 2.45) is 0 Å². The number of phenols is 1. The summed E-state index contributed by atoms with van der Waals surface area (Å²) in [6.07, 6.45) is -1.47. The van der Waals surface area contributed by atoms with Gasteiger partial charge in [0.25, 0.3) is 0 Å². The summed E-state index contributed by atoms with van der Waals surface area (Å²) in [6.45, 7) is 3.80. The van der Waals surface area contributed by atoms with Gasteiger partial charge in [0, 0.05) is 11.6 Å². The van der Waals surface area contributed by atoms with E-state index >= 15 is 4.39 Å². The van der Waals surface area contributed by atoms with E-state index in [2.05, 4.69) is 4.74 Å². The Morgan fingerprint density at radius 1 is 0.824 bits per heavy atom. The van der Waals surface area contributed by atoms with E-state index < -0.39 is 51.8 Å². The largest absolute Gasteiger partial charge is 0.507 e. The lowest BCUT2D eigenvalue weighted by molar-refractivity contribution is -0.189.